The van der Waals surface area contributed by atoms with Gasteiger partial charge in [-0.3, -0.25) is 0 Å². The summed E-state index contributed by atoms with van der Waals surface area (Å²) in [6, 6.07) is 1.81. The second-order valence-corrected chi connectivity index (χ2v) is 5.15. The van der Waals surface area contributed by atoms with Crippen LogP contribution in [0.1, 0.15) is 31.0 Å². The second kappa shape index (κ2) is 5.30. The molecule has 6 nitrogen and oxygen atoms in total. The number of ether oxygens (including phenoxy) is 1. The molecule has 0 bridgehead atoms. The molecule has 0 saturated heterocycles. The lowest BCUT2D eigenvalue weighted by atomic mass is 9.80. The summed E-state index contributed by atoms with van der Waals surface area (Å²) >= 11 is 0. The van der Waals surface area contributed by atoms with E-state index in [9.17, 15) is 5.11 Å². The molecule has 0 spiro atoms. The number of methoxy groups -OCH3 is 1. The maximum absolute atomic E-state index is 10.9. The lowest BCUT2D eigenvalue weighted by Gasteiger charge is -2.42. The molecule has 3 rings (SSSR count). The third-order valence-electron chi connectivity index (χ3n) is 4.06. The molecule has 3 unspecified atom stereocenters. The minimum Gasteiger partial charge on any atom is -0.376 e. The minimum absolute atomic E-state index is 0.213. The summed E-state index contributed by atoms with van der Waals surface area (Å²) in [6.45, 7) is 0. The summed E-state index contributed by atoms with van der Waals surface area (Å²) < 4.78 is 7.25. The molecule has 0 radical (unpaired) electrons. The average Bonchev–Trinajstić information content (AvgIpc) is 3.03. The van der Waals surface area contributed by atoms with E-state index >= 15 is 0 Å². The Morgan fingerprint density at radius 2 is 2.15 bits per heavy atom. The van der Waals surface area contributed by atoms with Crippen molar-refractivity contribution >= 4 is 0 Å². The minimum atomic E-state index is -1.05. The van der Waals surface area contributed by atoms with E-state index in [0.29, 0.717) is 12.8 Å². The molecule has 20 heavy (non-hydrogen) atoms. The summed E-state index contributed by atoms with van der Waals surface area (Å²) in [5.41, 5.74) is -1.05. The molecule has 6 heteroatoms. The van der Waals surface area contributed by atoms with Gasteiger partial charge in [0.05, 0.1) is 6.33 Å². The maximum Gasteiger partial charge on any atom is 0.169 e. The normalized spacial score (nSPS) is 30.3. The zero-order chi connectivity index (χ0) is 14.0. The van der Waals surface area contributed by atoms with Crippen LogP contribution in [0.15, 0.2) is 37.2 Å². The van der Waals surface area contributed by atoms with Crippen LogP contribution >= 0.6 is 0 Å². The number of nitrogens with zero attached hydrogens (tertiary/aromatic N) is 4. The van der Waals surface area contributed by atoms with Gasteiger partial charge in [0.2, 0.25) is 0 Å². The van der Waals surface area contributed by atoms with Gasteiger partial charge < -0.3 is 14.4 Å². The highest BCUT2D eigenvalue weighted by Gasteiger charge is 2.44. The van der Waals surface area contributed by atoms with Crippen molar-refractivity contribution in [1.29, 1.82) is 0 Å². The monoisotopic (exact) mass is 274 g/mol. The van der Waals surface area contributed by atoms with Crippen LogP contribution in [-0.4, -0.2) is 37.8 Å². The Morgan fingerprint density at radius 1 is 1.35 bits per heavy atom. The molecule has 0 aromatic carbocycles. The molecule has 0 aliphatic heterocycles. The van der Waals surface area contributed by atoms with Gasteiger partial charge >= 0.3 is 0 Å². The quantitative estimate of drug-likeness (QED) is 0.913. The zero-order valence-corrected chi connectivity index (χ0v) is 11.4. The molecule has 1 aliphatic rings. The Labute approximate surface area is 117 Å². The second-order valence-electron chi connectivity index (χ2n) is 5.15. The summed E-state index contributed by atoms with van der Waals surface area (Å²) in [6.07, 6.45) is 10.4. The highest BCUT2D eigenvalue weighted by Crippen LogP contribution is 2.40. The van der Waals surface area contributed by atoms with E-state index in [-0.39, 0.29) is 12.0 Å². The third-order valence-corrected chi connectivity index (χ3v) is 4.06. The van der Waals surface area contributed by atoms with E-state index in [0.717, 1.165) is 12.2 Å². The summed E-state index contributed by atoms with van der Waals surface area (Å²) in [5.74, 6) is 1.03. The van der Waals surface area contributed by atoms with Crippen molar-refractivity contribution < 1.29 is 9.84 Å². The molecule has 1 saturated carbocycles. The van der Waals surface area contributed by atoms with Crippen molar-refractivity contribution in [1.82, 2.24) is 19.5 Å². The number of aromatic nitrogens is 4. The van der Waals surface area contributed by atoms with Crippen molar-refractivity contribution in [3.05, 3.63) is 43.0 Å². The standard InChI is InChI=1S/C14H18N4O2/c1-20-12-9-11(13-16-5-2-6-17-13)3-4-14(12,19)18-8-7-15-10-18/h2,5-8,10-12,19H,3-4,9H2,1H3. The lowest BCUT2D eigenvalue weighted by molar-refractivity contribution is -0.173. The number of hydrogen-bond donors (Lipinski definition) is 1. The molecule has 2 aromatic heterocycles. The van der Waals surface area contributed by atoms with Crippen molar-refractivity contribution in [2.45, 2.75) is 37.0 Å². The molecule has 106 valence electrons. The molecular formula is C14H18N4O2. The average molecular weight is 274 g/mol. The number of rotatable bonds is 3. The van der Waals surface area contributed by atoms with Gasteiger partial charge in [-0.05, 0) is 25.3 Å². The summed E-state index contributed by atoms with van der Waals surface area (Å²) in [5, 5.41) is 10.9. The maximum atomic E-state index is 10.9. The van der Waals surface area contributed by atoms with Crippen molar-refractivity contribution in [2.75, 3.05) is 7.11 Å². The predicted octanol–water partition coefficient (Wildman–Crippen LogP) is 1.30. The number of aliphatic hydroxyl groups is 1. The Bertz CT molecular complexity index is 546. The van der Waals surface area contributed by atoms with Gasteiger partial charge in [-0.1, -0.05) is 0 Å². The first-order valence-electron chi connectivity index (χ1n) is 6.74. The number of imidazole rings is 1. The highest BCUT2D eigenvalue weighted by atomic mass is 16.5. The third kappa shape index (κ3) is 2.21. The first-order valence-corrected chi connectivity index (χ1v) is 6.74. The van der Waals surface area contributed by atoms with Crippen molar-refractivity contribution in [2.24, 2.45) is 0 Å². The Morgan fingerprint density at radius 3 is 2.80 bits per heavy atom. The first-order chi connectivity index (χ1) is 9.74. The van der Waals surface area contributed by atoms with E-state index in [1.807, 2.05) is 6.07 Å². The van der Waals surface area contributed by atoms with Crippen LogP contribution in [0.3, 0.4) is 0 Å². The van der Waals surface area contributed by atoms with E-state index in [1.54, 1.807) is 42.8 Å². The van der Waals surface area contributed by atoms with Gasteiger partial charge in [-0.15, -0.1) is 0 Å². The summed E-state index contributed by atoms with van der Waals surface area (Å²) in [4.78, 5) is 12.6. The molecular weight excluding hydrogens is 256 g/mol. The molecule has 2 aromatic rings. The van der Waals surface area contributed by atoms with E-state index in [2.05, 4.69) is 15.0 Å². The van der Waals surface area contributed by atoms with Crippen LogP contribution in [0, 0.1) is 0 Å². The van der Waals surface area contributed by atoms with Crippen LogP contribution in [0.2, 0.25) is 0 Å². The van der Waals surface area contributed by atoms with Crippen LogP contribution in [0.25, 0.3) is 0 Å². The van der Waals surface area contributed by atoms with Crippen molar-refractivity contribution in [3.8, 4) is 0 Å². The van der Waals surface area contributed by atoms with Gasteiger partial charge in [0.1, 0.15) is 11.9 Å². The van der Waals surface area contributed by atoms with Gasteiger partial charge in [-0.25, -0.2) is 15.0 Å². The molecule has 0 amide bonds. The van der Waals surface area contributed by atoms with Gasteiger partial charge in [0.25, 0.3) is 0 Å². The number of hydrogen-bond acceptors (Lipinski definition) is 5. The van der Waals surface area contributed by atoms with Crippen LogP contribution < -0.4 is 0 Å². The predicted molar refractivity (Wildman–Crippen MR) is 71.8 cm³/mol. The van der Waals surface area contributed by atoms with Crippen LogP contribution in [0.4, 0.5) is 0 Å². The molecule has 1 aliphatic carbocycles. The highest BCUT2D eigenvalue weighted by molar-refractivity contribution is 5.04. The van der Waals surface area contributed by atoms with Crippen LogP contribution in [0.5, 0.6) is 0 Å². The molecule has 3 atom stereocenters. The van der Waals surface area contributed by atoms with Gasteiger partial charge in [0, 0.05) is 37.8 Å². The Balaban J connectivity index is 1.83. The van der Waals surface area contributed by atoms with Crippen LogP contribution in [-0.2, 0) is 10.5 Å². The topological polar surface area (TPSA) is 73.1 Å². The Hall–Kier alpha value is -1.79. The fourth-order valence-electron chi connectivity index (χ4n) is 2.94. The SMILES string of the molecule is COC1CC(c2ncccn2)CCC1(O)n1ccnc1. The van der Waals surface area contributed by atoms with Gasteiger partial charge in [-0.2, -0.15) is 0 Å². The summed E-state index contributed by atoms with van der Waals surface area (Å²) in [7, 11) is 1.63. The fraction of sp³-hybridized carbons (Fsp3) is 0.500. The largest absolute Gasteiger partial charge is 0.376 e. The van der Waals surface area contributed by atoms with Gasteiger partial charge in [0.15, 0.2) is 5.72 Å². The van der Waals surface area contributed by atoms with E-state index < -0.39 is 5.72 Å². The van der Waals surface area contributed by atoms with E-state index in [4.69, 9.17) is 4.74 Å². The van der Waals surface area contributed by atoms with Crippen molar-refractivity contribution in [3.63, 3.8) is 0 Å². The molecule has 2 heterocycles. The van der Waals surface area contributed by atoms with E-state index in [1.165, 1.54) is 0 Å². The Kier molecular flexibility index (Phi) is 3.50. The fourth-order valence-corrected chi connectivity index (χ4v) is 2.94. The lowest BCUT2D eigenvalue weighted by Crippen LogP contribution is -2.49. The zero-order valence-electron chi connectivity index (χ0n) is 11.4. The molecule has 1 fully saturated rings. The first kappa shape index (κ1) is 13.2. The smallest absolute Gasteiger partial charge is 0.169 e. The molecule has 1 N–H and O–H groups in total.